The molecule has 3 rings (SSSR count). The maximum Gasteiger partial charge on any atom is 0.264 e. The molecule has 2 heterocycles. The molecule has 1 aliphatic heterocycles. The maximum absolute atomic E-state index is 13.6. The van der Waals surface area contributed by atoms with Crippen molar-refractivity contribution in [3.05, 3.63) is 46.9 Å². The molecule has 0 bridgehead atoms. The third-order valence-corrected chi connectivity index (χ3v) is 4.48. The summed E-state index contributed by atoms with van der Waals surface area (Å²) in [5.41, 5.74) is 3.38. The van der Waals surface area contributed by atoms with Crippen LogP contribution >= 0.6 is 0 Å². The Hall–Kier alpha value is -3.30. The van der Waals surface area contributed by atoms with Gasteiger partial charge in [0, 0.05) is 6.54 Å². The molecule has 0 spiro atoms. The van der Waals surface area contributed by atoms with Crippen LogP contribution in [0.25, 0.3) is 0 Å². The summed E-state index contributed by atoms with van der Waals surface area (Å²) in [5.74, 6) is -1.57. The zero-order valence-corrected chi connectivity index (χ0v) is 15.4. The van der Waals surface area contributed by atoms with Gasteiger partial charge in [-0.25, -0.2) is 9.82 Å². The lowest BCUT2D eigenvalue weighted by molar-refractivity contribution is -0.120. The highest BCUT2D eigenvalue weighted by molar-refractivity contribution is 7.85. The van der Waals surface area contributed by atoms with Crippen molar-refractivity contribution < 1.29 is 21.8 Å². The van der Waals surface area contributed by atoms with Gasteiger partial charge in [-0.15, -0.1) is 0 Å². The molecule has 12 heteroatoms. The third kappa shape index (κ3) is 4.16. The molecule has 146 valence electrons. The van der Waals surface area contributed by atoms with Crippen LogP contribution < -0.4 is 10.7 Å². The van der Waals surface area contributed by atoms with E-state index in [9.17, 15) is 17.6 Å². The zero-order chi connectivity index (χ0) is 20.3. The molecule has 0 aliphatic carbocycles. The molecule has 1 unspecified atom stereocenters. The van der Waals surface area contributed by atoms with E-state index in [2.05, 4.69) is 30.2 Å². The van der Waals surface area contributed by atoms with Gasteiger partial charge in [0.1, 0.15) is 23.6 Å². The highest BCUT2D eigenvalue weighted by Gasteiger charge is 2.34. The predicted molar refractivity (Wildman–Crippen MR) is 96.4 cm³/mol. The topological polar surface area (TPSA) is 149 Å². The van der Waals surface area contributed by atoms with Crippen molar-refractivity contribution in [3.8, 4) is 6.07 Å². The van der Waals surface area contributed by atoms with Gasteiger partial charge in [-0.05, 0) is 17.7 Å². The molecule has 0 radical (unpaired) electrons. The number of rotatable bonds is 7. The molecule has 1 aromatic carbocycles. The van der Waals surface area contributed by atoms with E-state index in [1.807, 2.05) is 0 Å². The van der Waals surface area contributed by atoms with Gasteiger partial charge in [-0.3, -0.25) is 14.1 Å². The minimum atomic E-state index is -3.55. The highest BCUT2D eigenvalue weighted by atomic mass is 32.2. The van der Waals surface area contributed by atoms with E-state index in [1.54, 1.807) is 6.07 Å². The van der Waals surface area contributed by atoms with Gasteiger partial charge >= 0.3 is 0 Å². The van der Waals surface area contributed by atoms with Gasteiger partial charge < -0.3 is 5.32 Å². The molecule has 3 N–H and O–H groups in total. The second-order valence-electron chi connectivity index (χ2n) is 5.87. The number of aromatic amines is 1. The molecule has 28 heavy (non-hydrogen) atoms. The fraction of sp³-hybridized carbons (Fsp3) is 0.250. The van der Waals surface area contributed by atoms with E-state index in [0.29, 0.717) is 22.7 Å². The minimum absolute atomic E-state index is 0.103. The van der Waals surface area contributed by atoms with Gasteiger partial charge in [-0.2, -0.15) is 23.9 Å². The van der Waals surface area contributed by atoms with Gasteiger partial charge in [-0.1, -0.05) is 6.07 Å². The lowest BCUT2D eigenvalue weighted by atomic mass is 9.90. The SMILES string of the molecule is CS(=O)(=O)OCCNc1[nH]ncc1C1=NNC(=O)C1c1ccc(F)c(C#N)c1. The summed E-state index contributed by atoms with van der Waals surface area (Å²) in [6.45, 7) is 0.0462. The zero-order valence-electron chi connectivity index (χ0n) is 14.6. The Morgan fingerprint density at radius 2 is 2.21 bits per heavy atom. The average Bonchev–Trinajstić information content (AvgIpc) is 3.24. The number of nitrogens with zero attached hydrogens (tertiary/aromatic N) is 3. The number of halogens is 1. The van der Waals surface area contributed by atoms with E-state index in [1.165, 1.54) is 18.3 Å². The van der Waals surface area contributed by atoms with Gasteiger partial charge in [0.05, 0.1) is 35.9 Å². The van der Waals surface area contributed by atoms with E-state index < -0.39 is 27.8 Å². The van der Waals surface area contributed by atoms with Gasteiger partial charge in [0.15, 0.2) is 0 Å². The van der Waals surface area contributed by atoms with Crippen LogP contribution in [0, 0.1) is 17.1 Å². The van der Waals surface area contributed by atoms with Crippen LogP contribution in [0.3, 0.4) is 0 Å². The Morgan fingerprint density at radius 1 is 1.43 bits per heavy atom. The molecule has 10 nitrogen and oxygen atoms in total. The number of anilines is 1. The van der Waals surface area contributed by atoms with Crippen LogP contribution in [0.5, 0.6) is 0 Å². The number of amides is 1. The van der Waals surface area contributed by atoms with Crippen molar-refractivity contribution in [2.24, 2.45) is 5.10 Å². The van der Waals surface area contributed by atoms with Crippen LogP contribution in [0.2, 0.25) is 0 Å². The predicted octanol–water partition coefficient (Wildman–Crippen LogP) is 0.426. The van der Waals surface area contributed by atoms with Crippen molar-refractivity contribution in [2.75, 3.05) is 24.7 Å². The Labute approximate surface area is 159 Å². The van der Waals surface area contributed by atoms with Crippen LogP contribution in [-0.4, -0.2) is 49.6 Å². The van der Waals surface area contributed by atoms with Crippen molar-refractivity contribution in [1.82, 2.24) is 15.6 Å². The standard InChI is InChI=1S/C16H15FN6O4S/c1-28(25,26)27-5-4-19-15-11(8-20-22-15)14-13(16(24)23-21-14)9-2-3-12(17)10(6-9)7-18/h2-3,6,8,13H,4-5H2,1H3,(H,23,24)(H2,19,20,22). The van der Waals surface area contributed by atoms with Crippen molar-refractivity contribution >= 4 is 27.6 Å². The number of benzene rings is 1. The first-order valence-electron chi connectivity index (χ1n) is 7.99. The molecular formula is C16H15FN6O4S. The smallest absolute Gasteiger partial charge is 0.264 e. The third-order valence-electron chi connectivity index (χ3n) is 3.88. The summed E-state index contributed by atoms with van der Waals surface area (Å²) in [7, 11) is -3.55. The number of H-pyrrole nitrogens is 1. The summed E-state index contributed by atoms with van der Waals surface area (Å²) in [4.78, 5) is 12.3. The first-order chi connectivity index (χ1) is 13.3. The molecule has 1 aliphatic rings. The fourth-order valence-corrected chi connectivity index (χ4v) is 3.07. The number of hydrazone groups is 1. The first-order valence-corrected chi connectivity index (χ1v) is 9.81. The molecule has 0 saturated carbocycles. The Morgan fingerprint density at radius 3 is 2.93 bits per heavy atom. The van der Waals surface area contributed by atoms with Crippen molar-refractivity contribution in [2.45, 2.75) is 5.92 Å². The van der Waals surface area contributed by atoms with Gasteiger partial charge in [0.2, 0.25) is 0 Å². The van der Waals surface area contributed by atoms with E-state index in [4.69, 9.17) is 5.26 Å². The lowest BCUT2D eigenvalue weighted by Crippen LogP contribution is -2.22. The second-order valence-corrected chi connectivity index (χ2v) is 7.51. The number of hydrogen-bond acceptors (Lipinski definition) is 8. The van der Waals surface area contributed by atoms with Crippen molar-refractivity contribution in [3.63, 3.8) is 0 Å². The minimum Gasteiger partial charge on any atom is -0.368 e. The summed E-state index contributed by atoms with van der Waals surface area (Å²) < 4.78 is 40.3. The lowest BCUT2D eigenvalue weighted by Gasteiger charge is -2.12. The summed E-state index contributed by atoms with van der Waals surface area (Å²) >= 11 is 0. The molecule has 0 fully saturated rings. The Kier molecular flexibility index (Phi) is 5.39. The fourth-order valence-electron chi connectivity index (χ4n) is 2.69. The second kappa shape index (κ2) is 7.75. The van der Waals surface area contributed by atoms with Crippen LogP contribution in [0.4, 0.5) is 10.2 Å². The maximum atomic E-state index is 13.6. The average molecular weight is 406 g/mol. The number of nitrogens with one attached hydrogen (secondary N) is 3. The number of carbonyl (C=O) groups is 1. The summed E-state index contributed by atoms with van der Waals surface area (Å²) in [6, 6.07) is 5.57. The summed E-state index contributed by atoms with van der Waals surface area (Å²) in [5, 5.41) is 22.6. The van der Waals surface area contributed by atoms with E-state index >= 15 is 0 Å². The van der Waals surface area contributed by atoms with Crippen molar-refractivity contribution in [1.29, 1.82) is 5.26 Å². The first kappa shape index (κ1) is 19.5. The van der Waals surface area contributed by atoms with E-state index in [0.717, 1.165) is 12.3 Å². The largest absolute Gasteiger partial charge is 0.368 e. The van der Waals surface area contributed by atoms with Crippen LogP contribution in [-0.2, 0) is 19.1 Å². The number of nitriles is 1. The number of hydrogen-bond donors (Lipinski definition) is 3. The molecule has 1 amide bonds. The molecular weight excluding hydrogens is 391 g/mol. The normalized spacial score (nSPS) is 16.4. The monoisotopic (exact) mass is 406 g/mol. The molecule has 1 aromatic heterocycles. The summed E-state index contributed by atoms with van der Waals surface area (Å²) in [6.07, 6.45) is 2.39. The van der Waals surface area contributed by atoms with Gasteiger partial charge in [0.25, 0.3) is 16.0 Å². The highest BCUT2D eigenvalue weighted by Crippen LogP contribution is 2.29. The van der Waals surface area contributed by atoms with Crippen LogP contribution in [0.15, 0.2) is 29.5 Å². The number of carbonyl (C=O) groups excluding carboxylic acids is 1. The Bertz CT molecular complexity index is 1090. The van der Waals surface area contributed by atoms with Crippen LogP contribution in [0.1, 0.15) is 22.6 Å². The molecule has 1 atom stereocenters. The molecule has 2 aromatic rings. The Balaban J connectivity index is 1.83. The quantitative estimate of drug-likeness (QED) is 0.446. The van der Waals surface area contributed by atoms with E-state index in [-0.39, 0.29) is 18.7 Å². The molecule has 0 saturated heterocycles. The number of aromatic nitrogens is 2.